The molecule has 1 saturated carbocycles. The van der Waals surface area contributed by atoms with Crippen molar-refractivity contribution in [2.75, 3.05) is 6.61 Å². The van der Waals surface area contributed by atoms with Gasteiger partial charge in [-0.3, -0.25) is 20.4 Å². The zero-order chi connectivity index (χ0) is 15.1. The molecule has 0 atom stereocenters. The van der Waals surface area contributed by atoms with E-state index in [1.807, 2.05) is 13.0 Å². The van der Waals surface area contributed by atoms with E-state index in [1.54, 1.807) is 18.2 Å². The largest absolute Gasteiger partial charge is 0.493 e. The fourth-order valence-electron chi connectivity index (χ4n) is 2.59. The Labute approximate surface area is 125 Å². The van der Waals surface area contributed by atoms with Crippen LogP contribution in [0.3, 0.4) is 0 Å². The van der Waals surface area contributed by atoms with E-state index in [4.69, 9.17) is 4.74 Å². The van der Waals surface area contributed by atoms with E-state index in [0.29, 0.717) is 17.9 Å². The summed E-state index contributed by atoms with van der Waals surface area (Å²) in [6.07, 6.45) is 5.16. The van der Waals surface area contributed by atoms with Crippen molar-refractivity contribution in [2.45, 2.75) is 39.0 Å². The van der Waals surface area contributed by atoms with Gasteiger partial charge in [0.1, 0.15) is 5.75 Å². The van der Waals surface area contributed by atoms with E-state index in [0.717, 1.165) is 25.7 Å². The van der Waals surface area contributed by atoms with Gasteiger partial charge in [-0.15, -0.1) is 0 Å². The number of benzene rings is 1. The molecular formula is C16H22N2O3. The highest BCUT2D eigenvalue weighted by molar-refractivity contribution is 5.98. The Morgan fingerprint density at radius 1 is 1.14 bits per heavy atom. The molecule has 0 saturated heterocycles. The van der Waals surface area contributed by atoms with Gasteiger partial charge in [-0.2, -0.15) is 0 Å². The lowest BCUT2D eigenvalue weighted by molar-refractivity contribution is -0.126. The Kier molecular flexibility index (Phi) is 5.60. The van der Waals surface area contributed by atoms with Crippen LogP contribution >= 0.6 is 0 Å². The summed E-state index contributed by atoms with van der Waals surface area (Å²) in [4.78, 5) is 24.1. The van der Waals surface area contributed by atoms with Crippen molar-refractivity contribution >= 4 is 11.8 Å². The zero-order valence-corrected chi connectivity index (χ0v) is 12.4. The van der Waals surface area contributed by atoms with E-state index in [9.17, 15) is 9.59 Å². The third-order valence-electron chi connectivity index (χ3n) is 3.71. The molecule has 5 nitrogen and oxygen atoms in total. The first-order valence-corrected chi connectivity index (χ1v) is 7.54. The third kappa shape index (κ3) is 4.21. The minimum Gasteiger partial charge on any atom is -0.493 e. The second-order valence-corrected chi connectivity index (χ2v) is 5.21. The van der Waals surface area contributed by atoms with Crippen LogP contribution in [0.5, 0.6) is 5.75 Å². The van der Waals surface area contributed by atoms with Crippen molar-refractivity contribution in [1.82, 2.24) is 10.9 Å². The van der Waals surface area contributed by atoms with Gasteiger partial charge in [-0.25, -0.2) is 0 Å². The third-order valence-corrected chi connectivity index (χ3v) is 3.71. The molecule has 1 aliphatic carbocycles. The lowest BCUT2D eigenvalue weighted by atomic mass is 9.89. The topological polar surface area (TPSA) is 67.4 Å². The van der Waals surface area contributed by atoms with Gasteiger partial charge in [0.15, 0.2) is 0 Å². The fourth-order valence-corrected chi connectivity index (χ4v) is 2.59. The van der Waals surface area contributed by atoms with Gasteiger partial charge in [0.2, 0.25) is 5.91 Å². The van der Waals surface area contributed by atoms with Crippen LogP contribution in [0, 0.1) is 5.92 Å². The summed E-state index contributed by atoms with van der Waals surface area (Å²) in [5.74, 6) is 0.0748. The van der Waals surface area contributed by atoms with E-state index in [-0.39, 0.29) is 17.7 Å². The molecule has 1 aromatic rings. The molecular weight excluding hydrogens is 268 g/mol. The van der Waals surface area contributed by atoms with Crippen molar-refractivity contribution in [2.24, 2.45) is 5.92 Å². The van der Waals surface area contributed by atoms with Crippen LogP contribution in [0.15, 0.2) is 24.3 Å². The van der Waals surface area contributed by atoms with Crippen molar-refractivity contribution in [3.63, 3.8) is 0 Å². The molecule has 2 rings (SSSR count). The molecule has 0 spiro atoms. The molecule has 2 N–H and O–H groups in total. The van der Waals surface area contributed by atoms with Crippen molar-refractivity contribution in [3.8, 4) is 5.75 Å². The molecule has 2 amide bonds. The number of carbonyl (C=O) groups is 2. The first-order valence-electron chi connectivity index (χ1n) is 7.54. The molecule has 0 aliphatic heterocycles. The standard InChI is InChI=1S/C16H22N2O3/c1-2-21-14-11-7-6-10-13(14)16(20)18-17-15(19)12-8-4-3-5-9-12/h6-7,10-12H,2-5,8-9H2,1H3,(H,17,19)(H,18,20). The number of ether oxygens (including phenoxy) is 1. The number of nitrogens with one attached hydrogen (secondary N) is 2. The number of para-hydroxylation sites is 1. The van der Waals surface area contributed by atoms with Crippen LogP contribution in [0.2, 0.25) is 0 Å². The van der Waals surface area contributed by atoms with Crippen LogP contribution in [0.1, 0.15) is 49.4 Å². The number of rotatable bonds is 4. The predicted molar refractivity (Wildman–Crippen MR) is 79.8 cm³/mol. The van der Waals surface area contributed by atoms with Crippen LogP contribution in [0.25, 0.3) is 0 Å². The van der Waals surface area contributed by atoms with Crippen LogP contribution in [0.4, 0.5) is 0 Å². The smallest absolute Gasteiger partial charge is 0.273 e. The van der Waals surface area contributed by atoms with E-state index < -0.39 is 0 Å². The molecule has 0 radical (unpaired) electrons. The maximum Gasteiger partial charge on any atom is 0.273 e. The van der Waals surface area contributed by atoms with Crippen LogP contribution < -0.4 is 15.6 Å². The molecule has 1 aliphatic rings. The van der Waals surface area contributed by atoms with Gasteiger partial charge in [-0.05, 0) is 31.9 Å². The van der Waals surface area contributed by atoms with Gasteiger partial charge in [0.25, 0.3) is 5.91 Å². The van der Waals surface area contributed by atoms with Crippen molar-refractivity contribution < 1.29 is 14.3 Å². The summed E-state index contributed by atoms with van der Waals surface area (Å²) in [6, 6.07) is 6.98. The Morgan fingerprint density at radius 2 is 1.86 bits per heavy atom. The minimum absolute atomic E-state index is 0.0150. The van der Waals surface area contributed by atoms with Crippen molar-refractivity contribution in [1.29, 1.82) is 0 Å². The second kappa shape index (κ2) is 7.67. The van der Waals surface area contributed by atoms with Gasteiger partial charge < -0.3 is 4.74 Å². The molecule has 0 bridgehead atoms. The van der Waals surface area contributed by atoms with Crippen molar-refractivity contribution in [3.05, 3.63) is 29.8 Å². The SMILES string of the molecule is CCOc1ccccc1C(=O)NNC(=O)C1CCCCC1. The second-order valence-electron chi connectivity index (χ2n) is 5.21. The minimum atomic E-state index is -0.358. The summed E-state index contributed by atoms with van der Waals surface area (Å²) in [6.45, 7) is 2.35. The van der Waals surface area contributed by atoms with Gasteiger partial charge in [0.05, 0.1) is 12.2 Å². The number of hydrazine groups is 1. The molecule has 0 aromatic heterocycles. The Balaban J connectivity index is 1.90. The molecule has 114 valence electrons. The van der Waals surface area contributed by atoms with E-state index >= 15 is 0 Å². The molecule has 1 aromatic carbocycles. The normalized spacial score (nSPS) is 15.3. The van der Waals surface area contributed by atoms with Gasteiger partial charge >= 0.3 is 0 Å². The van der Waals surface area contributed by atoms with E-state index in [2.05, 4.69) is 10.9 Å². The first-order chi connectivity index (χ1) is 10.2. The summed E-state index contributed by atoms with van der Waals surface area (Å²) < 4.78 is 5.41. The number of hydrogen-bond acceptors (Lipinski definition) is 3. The lowest BCUT2D eigenvalue weighted by Gasteiger charge is -2.21. The first kappa shape index (κ1) is 15.4. The lowest BCUT2D eigenvalue weighted by Crippen LogP contribution is -2.45. The highest BCUT2D eigenvalue weighted by Gasteiger charge is 2.21. The average Bonchev–Trinajstić information content (AvgIpc) is 2.54. The Morgan fingerprint density at radius 3 is 2.57 bits per heavy atom. The van der Waals surface area contributed by atoms with Crippen LogP contribution in [-0.2, 0) is 4.79 Å². The number of amides is 2. The molecule has 0 heterocycles. The summed E-state index contributed by atoms with van der Waals surface area (Å²) in [5, 5.41) is 0. The van der Waals surface area contributed by atoms with Gasteiger partial charge in [-0.1, -0.05) is 31.4 Å². The Hall–Kier alpha value is -2.04. The summed E-state index contributed by atoms with van der Waals surface area (Å²) >= 11 is 0. The van der Waals surface area contributed by atoms with Crippen LogP contribution in [-0.4, -0.2) is 18.4 Å². The fraction of sp³-hybridized carbons (Fsp3) is 0.500. The summed E-state index contributed by atoms with van der Waals surface area (Å²) in [5.41, 5.74) is 5.42. The number of hydrogen-bond donors (Lipinski definition) is 2. The monoisotopic (exact) mass is 290 g/mol. The maximum atomic E-state index is 12.1. The molecule has 21 heavy (non-hydrogen) atoms. The number of carbonyl (C=O) groups excluding carboxylic acids is 2. The molecule has 1 fully saturated rings. The zero-order valence-electron chi connectivity index (χ0n) is 12.4. The highest BCUT2D eigenvalue weighted by atomic mass is 16.5. The van der Waals surface area contributed by atoms with E-state index in [1.165, 1.54) is 6.42 Å². The predicted octanol–water partition coefficient (Wildman–Crippen LogP) is 2.43. The summed E-state index contributed by atoms with van der Waals surface area (Å²) in [7, 11) is 0. The Bertz CT molecular complexity index is 496. The molecule has 0 unspecified atom stereocenters. The quantitative estimate of drug-likeness (QED) is 0.837. The van der Waals surface area contributed by atoms with Gasteiger partial charge in [0, 0.05) is 5.92 Å². The highest BCUT2D eigenvalue weighted by Crippen LogP contribution is 2.23. The maximum absolute atomic E-state index is 12.1. The molecule has 5 heteroatoms. The average molecular weight is 290 g/mol.